The number of hydrogen-bond acceptors (Lipinski definition) is 4. The number of hydrogen-bond donors (Lipinski definition) is 1. The number of nitrogens with zero attached hydrogens (tertiary/aromatic N) is 4. The summed E-state index contributed by atoms with van der Waals surface area (Å²) in [7, 11) is 0. The fraction of sp³-hybridized carbons (Fsp3) is 0.444. The van der Waals surface area contributed by atoms with Crippen molar-refractivity contribution in [2.45, 2.75) is 12.8 Å². The fourth-order valence-corrected chi connectivity index (χ4v) is 2.13. The van der Waals surface area contributed by atoms with Crippen LogP contribution in [-0.2, 0) is 0 Å². The summed E-state index contributed by atoms with van der Waals surface area (Å²) >= 11 is 5.86. The molecule has 1 aliphatic rings. The van der Waals surface area contributed by atoms with E-state index in [1.165, 1.54) is 12.8 Å². The van der Waals surface area contributed by atoms with Crippen LogP contribution in [0.25, 0.3) is 11.0 Å². The highest BCUT2D eigenvalue weighted by Gasteiger charge is 2.18. The smallest absolute Gasteiger partial charge is 0.226 e. The predicted octanol–water partition coefficient (Wildman–Crippen LogP) is 1.61. The number of nitrogens with one attached hydrogen (secondary N) is 1. The van der Waals surface area contributed by atoms with Crippen LogP contribution in [0.15, 0.2) is 6.20 Å². The van der Waals surface area contributed by atoms with Crippen LogP contribution in [-0.4, -0.2) is 33.3 Å². The number of aromatic amines is 1. The standard InChI is InChI=1S/C9H10ClN5/c10-9-12-7-6(5-11-14-7)8(13-9)15-3-1-2-4-15/h5H,1-4H2,(H,11,12,13,14). The lowest BCUT2D eigenvalue weighted by Gasteiger charge is -2.16. The monoisotopic (exact) mass is 223 g/mol. The van der Waals surface area contributed by atoms with E-state index < -0.39 is 0 Å². The zero-order chi connectivity index (χ0) is 10.3. The summed E-state index contributed by atoms with van der Waals surface area (Å²) in [5, 5.41) is 7.99. The highest BCUT2D eigenvalue weighted by Crippen LogP contribution is 2.26. The molecule has 2 aromatic heterocycles. The van der Waals surface area contributed by atoms with Crippen molar-refractivity contribution in [3.8, 4) is 0 Å². The Bertz CT molecular complexity index is 488. The zero-order valence-electron chi connectivity index (χ0n) is 8.07. The zero-order valence-corrected chi connectivity index (χ0v) is 8.83. The molecule has 0 atom stereocenters. The van der Waals surface area contributed by atoms with E-state index >= 15 is 0 Å². The summed E-state index contributed by atoms with van der Waals surface area (Å²) in [6, 6.07) is 0. The molecule has 0 bridgehead atoms. The molecule has 0 aliphatic carbocycles. The van der Waals surface area contributed by atoms with Crippen LogP contribution in [0, 0.1) is 0 Å². The third kappa shape index (κ3) is 1.43. The van der Waals surface area contributed by atoms with Crippen LogP contribution in [0.3, 0.4) is 0 Å². The second-order valence-electron chi connectivity index (χ2n) is 3.64. The van der Waals surface area contributed by atoms with Gasteiger partial charge in [0.1, 0.15) is 5.82 Å². The number of H-pyrrole nitrogens is 1. The molecule has 0 radical (unpaired) electrons. The Labute approximate surface area is 91.5 Å². The maximum atomic E-state index is 5.86. The normalized spacial score (nSPS) is 16.5. The third-order valence-electron chi connectivity index (χ3n) is 2.67. The van der Waals surface area contributed by atoms with E-state index in [0.29, 0.717) is 5.65 Å². The molecule has 0 saturated carbocycles. The molecule has 78 valence electrons. The van der Waals surface area contributed by atoms with Crippen LogP contribution in [0.5, 0.6) is 0 Å². The van der Waals surface area contributed by atoms with Crippen molar-refractivity contribution in [3.63, 3.8) is 0 Å². The third-order valence-corrected chi connectivity index (χ3v) is 2.84. The Kier molecular flexibility index (Phi) is 1.98. The van der Waals surface area contributed by atoms with Gasteiger partial charge in [0.2, 0.25) is 5.28 Å². The van der Waals surface area contributed by atoms with Crippen molar-refractivity contribution in [1.29, 1.82) is 0 Å². The first-order chi connectivity index (χ1) is 7.34. The van der Waals surface area contributed by atoms with Gasteiger partial charge in [-0.15, -0.1) is 0 Å². The molecule has 1 fully saturated rings. The van der Waals surface area contributed by atoms with Gasteiger partial charge in [-0.25, -0.2) is 0 Å². The largest absolute Gasteiger partial charge is 0.356 e. The molecule has 0 aromatic carbocycles. The minimum absolute atomic E-state index is 0.272. The molecular weight excluding hydrogens is 214 g/mol. The van der Waals surface area contributed by atoms with Gasteiger partial charge in [-0.2, -0.15) is 15.1 Å². The summed E-state index contributed by atoms with van der Waals surface area (Å²) in [5.74, 6) is 0.899. The Balaban J connectivity index is 2.18. The van der Waals surface area contributed by atoms with Gasteiger partial charge in [-0.05, 0) is 24.4 Å². The molecule has 1 N–H and O–H groups in total. The van der Waals surface area contributed by atoms with Crippen molar-refractivity contribution in [2.24, 2.45) is 0 Å². The number of aromatic nitrogens is 4. The van der Waals surface area contributed by atoms with E-state index in [1.807, 2.05) is 0 Å². The molecule has 5 nitrogen and oxygen atoms in total. The number of halogens is 1. The van der Waals surface area contributed by atoms with Gasteiger partial charge in [0.05, 0.1) is 11.6 Å². The molecule has 6 heteroatoms. The Hall–Kier alpha value is -1.36. The summed E-state index contributed by atoms with van der Waals surface area (Å²) in [6.45, 7) is 2.07. The fourth-order valence-electron chi connectivity index (χ4n) is 1.96. The lowest BCUT2D eigenvalue weighted by molar-refractivity contribution is 0.939. The van der Waals surface area contributed by atoms with E-state index in [4.69, 9.17) is 11.6 Å². The summed E-state index contributed by atoms with van der Waals surface area (Å²) < 4.78 is 0. The van der Waals surface area contributed by atoms with Gasteiger partial charge in [0.15, 0.2) is 5.65 Å². The van der Waals surface area contributed by atoms with E-state index in [1.54, 1.807) is 6.20 Å². The predicted molar refractivity (Wildman–Crippen MR) is 58.1 cm³/mol. The van der Waals surface area contributed by atoms with Crippen molar-refractivity contribution in [3.05, 3.63) is 11.5 Å². The Morgan fingerprint density at radius 2 is 2.07 bits per heavy atom. The highest BCUT2D eigenvalue weighted by molar-refractivity contribution is 6.28. The minimum Gasteiger partial charge on any atom is -0.356 e. The van der Waals surface area contributed by atoms with Crippen LogP contribution >= 0.6 is 11.6 Å². The molecule has 3 heterocycles. The first-order valence-corrected chi connectivity index (χ1v) is 5.34. The number of fused-ring (bicyclic) bond motifs is 1. The summed E-state index contributed by atoms with van der Waals surface area (Å²) in [6.07, 6.45) is 4.17. The molecule has 1 aliphatic heterocycles. The van der Waals surface area contributed by atoms with Gasteiger partial charge in [0.25, 0.3) is 0 Å². The summed E-state index contributed by atoms with van der Waals surface area (Å²) in [4.78, 5) is 10.6. The van der Waals surface area contributed by atoms with E-state index in [2.05, 4.69) is 25.1 Å². The first kappa shape index (κ1) is 8.91. The number of anilines is 1. The lowest BCUT2D eigenvalue weighted by Crippen LogP contribution is -2.19. The van der Waals surface area contributed by atoms with Crippen LogP contribution < -0.4 is 4.90 Å². The summed E-state index contributed by atoms with van der Waals surface area (Å²) in [5.41, 5.74) is 0.705. The number of rotatable bonds is 1. The van der Waals surface area contributed by atoms with Crippen molar-refractivity contribution in [1.82, 2.24) is 20.2 Å². The topological polar surface area (TPSA) is 57.7 Å². The second kappa shape index (κ2) is 3.34. The maximum absolute atomic E-state index is 5.86. The second-order valence-corrected chi connectivity index (χ2v) is 3.98. The maximum Gasteiger partial charge on any atom is 0.226 e. The van der Waals surface area contributed by atoms with E-state index in [9.17, 15) is 0 Å². The average molecular weight is 224 g/mol. The van der Waals surface area contributed by atoms with Crippen LogP contribution in [0.2, 0.25) is 5.28 Å². The van der Waals surface area contributed by atoms with Crippen LogP contribution in [0.1, 0.15) is 12.8 Å². The molecule has 0 spiro atoms. The van der Waals surface area contributed by atoms with Crippen molar-refractivity contribution < 1.29 is 0 Å². The Morgan fingerprint density at radius 1 is 1.27 bits per heavy atom. The van der Waals surface area contributed by atoms with E-state index in [-0.39, 0.29) is 5.28 Å². The molecule has 1 saturated heterocycles. The molecule has 3 rings (SSSR count). The van der Waals surface area contributed by atoms with E-state index in [0.717, 1.165) is 24.3 Å². The SMILES string of the molecule is Clc1nc(N2CCCC2)c2cn[nH]c2n1. The molecule has 2 aromatic rings. The van der Waals surface area contributed by atoms with Gasteiger partial charge in [0, 0.05) is 13.1 Å². The Morgan fingerprint density at radius 3 is 2.87 bits per heavy atom. The first-order valence-electron chi connectivity index (χ1n) is 4.96. The van der Waals surface area contributed by atoms with Crippen LogP contribution in [0.4, 0.5) is 5.82 Å². The van der Waals surface area contributed by atoms with Gasteiger partial charge in [-0.3, -0.25) is 5.10 Å². The minimum atomic E-state index is 0.272. The quantitative estimate of drug-likeness (QED) is 0.747. The van der Waals surface area contributed by atoms with Gasteiger partial charge >= 0.3 is 0 Å². The molecule has 0 unspecified atom stereocenters. The highest BCUT2D eigenvalue weighted by atomic mass is 35.5. The van der Waals surface area contributed by atoms with Crippen molar-refractivity contribution >= 4 is 28.5 Å². The lowest BCUT2D eigenvalue weighted by atomic mass is 10.4. The van der Waals surface area contributed by atoms with Crippen molar-refractivity contribution in [2.75, 3.05) is 18.0 Å². The average Bonchev–Trinajstić information content (AvgIpc) is 2.86. The van der Waals surface area contributed by atoms with Gasteiger partial charge < -0.3 is 4.90 Å². The van der Waals surface area contributed by atoms with Gasteiger partial charge in [-0.1, -0.05) is 0 Å². The molecular formula is C9H10ClN5. The molecule has 15 heavy (non-hydrogen) atoms. The molecule has 0 amide bonds.